The van der Waals surface area contributed by atoms with E-state index in [0.29, 0.717) is 12.1 Å². The normalized spacial score (nSPS) is 27.6. The first kappa shape index (κ1) is 16.9. The van der Waals surface area contributed by atoms with Gasteiger partial charge < -0.3 is 10.8 Å². The molecule has 0 saturated heterocycles. The minimum Gasteiger partial charge on any atom is -0.388 e. The fourth-order valence-corrected chi connectivity index (χ4v) is 3.97. The van der Waals surface area contributed by atoms with E-state index in [4.69, 9.17) is 5.73 Å². The highest BCUT2D eigenvalue weighted by atomic mass is 79.9. The highest BCUT2D eigenvalue weighted by molar-refractivity contribution is 9.10. The van der Waals surface area contributed by atoms with Gasteiger partial charge in [-0.1, -0.05) is 35.7 Å². The molecule has 4 heteroatoms. The highest BCUT2D eigenvalue weighted by Crippen LogP contribution is 2.48. The van der Waals surface area contributed by atoms with E-state index < -0.39 is 6.10 Å². The van der Waals surface area contributed by atoms with E-state index in [1.165, 1.54) is 18.9 Å². The minimum atomic E-state index is -0.831. The van der Waals surface area contributed by atoms with Gasteiger partial charge in [0.25, 0.3) is 0 Å². The summed E-state index contributed by atoms with van der Waals surface area (Å²) in [5, 5.41) is 10.8. The number of aliphatic hydroxyl groups is 1. The van der Waals surface area contributed by atoms with Crippen molar-refractivity contribution in [3.8, 4) is 0 Å². The van der Waals surface area contributed by atoms with Crippen LogP contribution in [-0.4, -0.2) is 11.7 Å². The van der Waals surface area contributed by atoms with Gasteiger partial charge >= 0.3 is 0 Å². The minimum absolute atomic E-state index is 0.353. The first-order chi connectivity index (χ1) is 10.0. The largest absolute Gasteiger partial charge is 0.388 e. The Morgan fingerprint density at radius 3 is 2.67 bits per heavy atom. The van der Waals surface area contributed by atoms with Crippen LogP contribution in [0.4, 0.5) is 4.39 Å². The smallest absolute Gasteiger partial charge is 0.129 e. The van der Waals surface area contributed by atoms with Crippen molar-refractivity contribution in [2.24, 2.45) is 17.1 Å². The molecule has 2 nitrogen and oxygen atoms in total. The molecule has 0 aromatic heterocycles. The molecule has 0 radical (unpaired) electrons. The number of hydrogen-bond donors (Lipinski definition) is 2. The molecule has 0 aliphatic heterocycles. The van der Waals surface area contributed by atoms with Crippen molar-refractivity contribution < 1.29 is 9.50 Å². The van der Waals surface area contributed by atoms with Crippen LogP contribution in [0.1, 0.15) is 57.1 Å². The SMILES string of the molecule is CCCC1CCC(CN)(C(O)c2cc(Br)ccc2F)CC1. The maximum atomic E-state index is 14.1. The lowest BCUT2D eigenvalue weighted by Gasteiger charge is -2.43. The van der Waals surface area contributed by atoms with Crippen LogP contribution in [0.5, 0.6) is 0 Å². The molecule has 1 fully saturated rings. The van der Waals surface area contributed by atoms with Crippen molar-refractivity contribution in [3.05, 3.63) is 34.1 Å². The maximum absolute atomic E-state index is 14.1. The van der Waals surface area contributed by atoms with Crippen LogP contribution in [0.2, 0.25) is 0 Å². The summed E-state index contributed by atoms with van der Waals surface area (Å²) in [7, 11) is 0. The van der Waals surface area contributed by atoms with Crippen molar-refractivity contribution in [3.63, 3.8) is 0 Å². The van der Waals surface area contributed by atoms with Crippen LogP contribution in [0, 0.1) is 17.2 Å². The fourth-order valence-electron chi connectivity index (χ4n) is 3.59. The molecule has 118 valence electrons. The number of rotatable bonds is 5. The second kappa shape index (κ2) is 7.21. The lowest BCUT2D eigenvalue weighted by atomic mass is 9.65. The summed E-state index contributed by atoms with van der Waals surface area (Å²) in [5.74, 6) is 0.378. The third-order valence-electron chi connectivity index (χ3n) is 5.04. The molecule has 0 spiro atoms. The Kier molecular flexibility index (Phi) is 5.81. The molecule has 0 amide bonds. The van der Waals surface area contributed by atoms with Gasteiger partial charge in [-0.2, -0.15) is 0 Å². The first-order valence-corrected chi connectivity index (χ1v) is 8.65. The standard InChI is InChI=1S/C17H25BrFNO/c1-2-3-12-6-8-17(11-20,9-7-12)16(21)14-10-13(18)4-5-15(14)19/h4-5,10,12,16,21H,2-3,6-9,11,20H2,1H3. The number of halogens is 2. The van der Waals surface area contributed by atoms with Crippen molar-refractivity contribution in [1.29, 1.82) is 0 Å². The predicted octanol–water partition coefficient (Wildman–Crippen LogP) is 4.56. The number of nitrogens with two attached hydrogens (primary N) is 1. The zero-order valence-electron chi connectivity index (χ0n) is 12.6. The molecule has 2 rings (SSSR count). The highest BCUT2D eigenvalue weighted by Gasteiger charge is 2.41. The van der Waals surface area contributed by atoms with Crippen LogP contribution < -0.4 is 5.73 Å². The zero-order chi connectivity index (χ0) is 15.5. The van der Waals surface area contributed by atoms with E-state index in [0.717, 1.165) is 36.1 Å². The van der Waals surface area contributed by atoms with Gasteiger partial charge in [0.15, 0.2) is 0 Å². The number of aliphatic hydroxyl groups excluding tert-OH is 1. The quantitative estimate of drug-likeness (QED) is 0.811. The van der Waals surface area contributed by atoms with E-state index in [2.05, 4.69) is 22.9 Å². The monoisotopic (exact) mass is 357 g/mol. The van der Waals surface area contributed by atoms with E-state index >= 15 is 0 Å². The molecule has 1 aromatic rings. The lowest BCUT2D eigenvalue weighted by Crippen LogP contribution is -2.40. The molecule has 1 aromatic carbocycles. The Labute approximate surface area is 135 Å². The summed E-state index contributed by atoms with van der Waals surface area (Å²) in [6, 6.07) is 4.73. The van der Waals surface area contributed by atoms with Crippen molar-refractivity contribution in [1.82, 2.24) is 0 Å². The van der Waals surface area contributed by atoms with E-state index in [1.807, 2.05) is 0 Å². The summed E-state index contributed by atoms with van der Waals surface area (Å²) in [5.41, 5.74) is 5.97. The van der Waals surface area contributed by atoms with Crippen LogP contribution >= 0.6 is 15.9 Å². The van der Waals surface area contributed by atoms with E-state index in [-0.39, 0.29) is 11.2 Å². The summed E-state index contributed by atoms with van der Waals surface area (Å²) < 4.78 is 14.8. The van der Waals surface area contributed by atoms with Crippen molar-refractivity contribution >= 4 is 15.9 Å². The molecule has 1 aliphatic carbocycles. The molecule has 1 aliphatic rings. The molecular weight excluding hydrogens is 333 g/mol. The maximum Gasteiger partial charge on any atom is 0.129 e. The average Bonchev–Trinajstić information content (AvgIpc) is 2.50. The van der Waals surface area contributed by atoms with E-state index in [1.54, 1.807) is 12.1 Å². The molecule has 1 saturated carbocycles. The fraction of sp³-hybridized carbons (Fsp3) is 0.647. The number of hydrogen-bond acceptors (Lipinski definition) is 2. The second-order valence-electron chi connectivity index (χ2n) is 6.37. The van der Waals surface area contributed by atoms with Crippen LogP contribution in [0.25, 0.3) is 0 Å². The summed E-state index contributed by atoms with van der Waals surface area (Å²) >= 11 is 3.35. The Morgan fingerprint density at radius 1 is 1.43 bits per heavy atom. The van der Waals surface area contributed by atoms with Gasteiger partial charge in [-0.3, -0.25) is 0 Å². The third kappa shape index (κ3) is 3.66. The topological polar surface area (TPSA) is 46.2 Å². The van der Waals surface area contributed by atoms with Gasteiger partial charge in [0.05, 0.1) is 6.10 Å². The zero-order valence-corrected chi connectivity index (χ0v) is 14.2. The molecule has 1 unspecified atom stereocenters. The molecule has 3 N–H and O–H groups in total. The molecule has 21 heavy (non-hydrogen) atoms. The third-order valence-corrected chi connectivity index (χ3v) is 5.53. The molecule has 1 atom stereocenters. The predicted molar refractivity (Wildman–Crippen MR) is 87.4 cm³/mol. The second-order valence-corrected chi connectivity index (χ2v) is 7.28. The Bertz CT molecular complexity index is 472. The lowest BCUT2D eigenvalue weighted by molar-refractivity contribution is -0.0129. The van der Waals surface area contributed by atoms with Crippen LogP contribution in [-0.2, 0) is 0 Å². The van der Waals surface area contributed by atoms with Crippen LogP contribution in [0.3, 0.4) is 0 Å². The summed E-state index contributed by atoms with van der Waals surface area (Å²) in [6.07, 6.45) is 5.52. The van der Waals surface area contributed by atoms with Gasteiger partial charge in [0.2, 0.25) is 0 Å². The van der Waals surface area contributed by atoms with Gasteiger partial charge in [0, 0.05) is 22.0 Å². The van der Waals surface area contributed by atoms with Gasteiger partial charge in [0.1, 0.15) is 5.82 Å². The Hall–Kier alpha value is -0.450. The number of benzene rings is 1. The molecular formula is C17H25BrFNO. The van der Waals surface area contributed by atoms with Crippen molar-refractivity contribution in [2.75, 3.05) is 6.54 Å². The van der Waals surface area contributed by atoms with Gasteiger partial charge in [-0.25, -0.2) is 4.39 Å². The average molecular weight is 358 g/mol. The first-order valence-electron chi connectivity index (χ1n) is 7.85. The summed E-state index contributed by atoms with van der Waals surface area (Å²) in [6.45, 7) is 2.61. The Balaban J connectivity index is 2.19. The summed E-state index contributed by atoms with van der Waals surface area (Å²) in [4.78, 5) is 0. The van der Waals surface area contributed by atoms with E-state index in [9.17, 15) is 9.50 Å². The van der Waals surface area contributed by atoms with Gasteiger partial charge in [-0.05, 0) is 49.8 Å². The van der Waals surface area contributed by atoms with Gasteiger partial charge in [-0.15, -0.1) is 0 Å². The molecule has 0 bridgehead atoms. The Morgan fingerprint density at radius 2 is 2.10 bits per heavy atom. The molecule has 0 heterocycles. The van der Waals surface area contributed by atoms with Crippen molar-refractivity contribution in [2.45, 2.75) is 51.6 Å². The van der Waals surface area contributed by atoms with Crippen LogP contribution in [0.15, 0.2) is 22.7 Å².